The Hall–Kier alpha value is -2.55. The highest BCUT2D eigenvalue weighted by atomic mass is 28.4. The number of aromatic carboxylic acids is 1. The predicted octanol–water partition coefficient (Wildman–Crippen LogP) is 5.92. The van der Waals surface area contributed by atoms with E-state index >= 15 is 0 Å². The van der Waals surface area contributed by atoms with Gasteiger partial charge in [0, 0.05) is 24.9 Å². The van der Waals surface area contributed by atoms with E-state index in [0.29, 0.717) is 12.8 Å². The molecule has 8 heteroatoms. The van der Waals surface area contributed by atoms with Crippen molar-refractivity contribution in [2.75, 3.05) is 0 Å². The highest BCUT2D eigenvalue weighted by Gasteiger charge is 2.51. The zero-order valence-corrected chi connectivity index (χ0v) is 24.4. The number of ether oxygens (including phenoxy) is 1. The van der Waals surface area contributed by atoms with Crippen molar-refractivity contribution in [3.05, 3.63) is 65.5 Å². The number of esters is 1. The van der Waals surface area contributed by atoms with Gasteiger partial charge in [0.15, 0.2) is 8.32 Å². The van der Waals surface area contributed by atoms with Crippen LogP contribution in [0.15, 0.2) is 48.8 Å². The number of hydrogen-bond acceptors (Lipinski definition) is 6. The summed E-state index contributed by atoms with van der Waals surface area (Å²) in [4.78, 5) is 29.4. The van der Waals surface area contributed by atoms with Gasteiger partial charge in [-0.15, -0.1) is 0 Å². The normalized spacial score (nSPS) is 21.5. The van der Waals surface area contributed by atoms with Gasteiger partial charge in [-0.3, -0.25) is 15.1 Å². The molecule has 37 heavy (non-hydrogen) atoms. The van der Waals surface area contributed by atoms with Crippen molar-refractivity contribution in [1.82, 2.24) is 10.3 Å². The number of benzene rings is 1. The van der Waals surface area contributed by atoms with E-state index in [1.54, 1.807) is 30.5 Å². The minimum atomic E-state index is -2.16. The van der Waals surface area contributed by atoms with Gasteiger partial charge in [-0.05, 0) is 81.1 Å². The molecule has 0 saturated carbocycles. The van der Waals surface area contributed by atoms with Crippen molar-refractivity contribution < 1.29 is 23.9 Å². The first-order chi connectivity index (χ1) is 17.0. The second kappa shape index (κ2) is 10.7. The third-order valence-electron chi connectivity index (χ3n) is 7.45. The molecular weight excluding hydrogens is 484 g/mol. The summed E-state index contributed by atoms with van der Waals surface area (Å²) in [7, 11) is -2.16. The quantitative estimate of drug-likeness (QED) is 0.325. The fraction of sp³-hybridized carbons (Fsp3) is 0.552. The van der Waals surface area contributed by atoms with Gasteiger partial charge in [0.2, 0.25) is 0 Å². The van der Waals surface area contributed by atoms with Crippen molar-refractivity contribution >= 4 is 20.3 Å². The molecule has 0 amide bonds. The standard InChI is InChI=1S/C29H42N2O5Si/c1-27(2,3)35-26(34)29(18-20-11-13-21(14-12-20)25(32)33)16-15-23(31-29)24(22-10-9-17-30-19-22)36-37(7,8)28(4,5)6/h9-14,17,19,23-24,31H,15-16,18H2,1-8H3,(H,32,33)/t23-,24-,29+/m1/s1. The van der Waals surface area contributed by atoms with Crippen LogP contribution in [0.2, 0.25) is 18.1 Å². The van der Waals surface area contributed by atoms with E-state index in [4.69, 9.17) is 9.16 Å². The Morgan fingerprint density at radius 1 is 1.14 bits per heavy atom. The number of hydrogen-bond donors (Lipinski definition) is 2. The lowest BCUT2D eigenvalue weighted by Crippen LogP contribution is -2.56. The minimum Gasteiger partial charge on any atom is -0.478 e. The van der Waals surface area contributed by atoms with Gasteiger partial charge in [0.25, 0.3) is 0 Å². The molecule has 3 atom stereocenters. The number of carbonyl (C=O) groups excluding carboxylic acids is 1. The van der Waals surface area contributed by atoms with Gasteiger partial charge >= 0.3 is 11.9 Å². The molecule has 1 fully saturated rings. The number of aromatic nitrogens is 1. The molecule has 0 unspecified atom stereocenters. The zero-order chi connectivity index (χ0) is 27.6. The molecule has 1 aromatic heterocycles. The molecule has 1 aliphatic rings. The Morgan fingerprint density at radius 3 is 2.30 bits per heavy atom. The summed E-state index contributed by atoms with van der Waals surface area (Å²) in [6.45, 7) is 16.7. The molecule has 1 aromatic carbocycles. The van der Waals surface area contributed by atoms with Crippen LogP contribution in [-0.2, 0) is 20.4 Å². The Labute approximate surface area is 222 Å². The Bertz CT molecular complexity index is 1090. The number of rotatable bonds is 8. The van der Waals surface area contributed by atoms with Gasteiger partial charge < -0.3 is 14.3 Å². The lowest BCUT2D eigenvalue weighted by atomic mass is 9.88. The Balaban J connectivity index is 1.97. The first-order valence-electron chi connectivity index (χ1n) is 12.9. The zero-order valence-electron chi connectivity index (χ0n) is 23.4. The van der Waals surface area contributed by atoms with E-state index in [-0.39, 0.29) is 28.7 Å². The van der Waals surface area contributed by atoms with Crippen molar-refractivity contribution in [3.8, 4) is 0 Å². The fourth-order valence-corrected chi connectivity index (χ4v) is 5.70. The maximum absolute atomic E-state index is 13.7. The Kier molecular flexibility index (Phi) is 8.37. The predicted molar refractivity (Wildman–Crippen MR) is 147 cm³/mol. The van der Waals surface area contributed by atoms with Crippen molar-refractivity contribution in [2.24, 2.45) is 0 Å². The smallest absolute Gasteiger partial charge is 0.335 e. The molecule has 1 saturated heterocycles. The van der Waals surface area contributed by atoms with Crippen LogP contribution in [0.25, 0.3) is 0 Å². The van der Waals surface area contributed by atoms with Crippen LogP contribution in [0.1, 0.15) is 82.0 Å². The maximum Gasteiger partial charge on any atom is 0.335 e. The maximum atomic E-state index is 13.7. The number of nitrogens with one attached hydrogen (secondary N) is 1. The van der Waals surface area contributed by atoms with Crippen LogP contribution in [0, 0.1) is 0 Å². The molecule has 0 aliphatic carbocycles. The molecule has 0 radical (unpaired) electrons. The number of carboxylic acids is 1. The first-order valence-corrected chi connectivity index (χ1v) is 15.8. The number of carbonyl (C=O) groups is 2. The largest absolute Gasteiger partial charge is 0.478 e. The summed E-state index contributed by atoms with van der Waals surface area (Å²) in [5.74, 6) is -1.28. The average molecular weight is 527 g/mol. The van der Waals surface area contributed by atoms with Gasteiger partial charge in [-0.2, -0.15) is 0 Å². The summed E-state index contributed by atoms with van der Waals surface area (Å²) in [6.07, 6.45) is 5.01. The monoisotopic (exact) mass is 526 g/mol. The van der Waals surface area contributed by atoms with E-state index in [1.807, 2.05) is 39.1 Å². The minimum absolute atomic E-state index is 0.0141. The van der Waals surface area contributed by atoms with Crippen LogP contribution in [0.5, 0.6) is 0 Å². The van der Waals surface area contributed by atoms with Crippen molar-refractivity contribution in [3.63, 3.8) is 0 Å². The molecule has 202 valence electrons. The molecular formula is C29H42N2O5Si. The topological polar surface area (TPSA) is 97.8 Å². The highest BCUT2D eigenvalue weighted by Crippen LogP contribution is 2.43. The van der Waals surface area contributed by atoms with Crippen molar-refractivity contribution in [1.29, 1.82) is 0 Å². The van der Waals surface area contributed by atoms with E-state index in [9.17, 15) is 14.7 Å². The van der Waals surface area contributed by atoms with Gasteiger partial charge in [0.05, 0.1) is 11.7 Å². The Morgan fingerprint density at radius 2 is 1.78 bits per heavy atom. The third kappa shape index (κ3) is 7.06. The second-order valence-electron chi connectivity index (χ2n) is 12.6. The molecule has 2 heterocycles. The molecule has 2 N–H and O–H groups in total. The summed E-state index contributed by atoms with van der Waals surface area (Å²) in [5, 5.41) is 13.0. The van der Waals surface area contributed by atoms with Gasteiger partial charge in [-0.1, -0.05) is 39.0 Å². The summed E-state index contributed by atoms with van der Waals surface area (Å²) < 4.78 is 12.9. The van der Waals surface area contributed by atoms with E-state index in [2.05, 4.69) is 44.2 Å². The number of nitrogens with zero attached hydrogens (tertiary/aromatic N) is 1. The van der Waals surface area contributed by atoms with Gasteiger partial charge in [0.1, 0.15) is 11.1 Å². The van der Waals surface area contributed by atoms with Crippen LogP contribution < -0.4 is 5.32 Å². The summed E-state index contributed by atoms with van der Waals surface area (Å²) >= 11 is 0. The second-order valence-corrected chi connectivity index (χ2v) is 17.4. The first kappa shape index (κ1) is 29.0. The third-order valence-corrected chi connectivity index (χ3v) is 11.9. The van der Waals surface area contributed by atoms with Gasteiger partial charge in [-0.25, -0.2) is 4.79 Å². The van der Waals surface area contributed by atoms with E-state index < -0.39 is 25.4 Å². The average Bonchev–Trinajstić information content (AvgIpc) is 3.21. The molecule has 0 spiro atoms. The van der Waals surface area contributed by atoms with Crippen LogP contribution in [0.3, 0.4) is 0 Å². The van der Waals surface area contributed by atoms with Crippen LogP contribution in [0.4, 0.5) is 0 Å². The summed E-state index contributed by atoms with van der Waals surface area (Å²) in [6, 6.07) is 10.5. The van der Waals surface area contributed by atoms with Crippen LogP contribution in [-0.4, -0.2) is 47.5 Å². The lowest BCUT2D eigenvalue weighted by molar-refractivity contribution is -0.163. The van der Waals surface area contributed by atoms with Crippen molar-refractivity contribution in [2.45, 2.75) is 102 Å². The SMILES string of the molecule is CC(C)(C)OC(=O)[C@@]1(Cc2ccc(C(=O)O)cc2)CC[C@H]([C@H](O[Si](C)(C)C(C)(C)C)c2cccnc2)N1. The molecule has 7 nitrogen and oxygen atoms in total. The van der Waals surface area contributed by atoms with Crippen LogP contribution >= 0.6 is 0 Å². The fourth-order valence-electron chi connectivity index (χ4n) is 4.41. The number of carboxylic acid groups (broad SMARTS) is 1. The summed E-state index contributed by atoms with van der Waals surface area (Å²) in [5.41, 5.74) is 0.465. The van der Waals surface area contributed by atoms with E-state index in [1.165, 1.54) is 0 Å². The number of pyridine rings is 1. The highest BCUT2D eigenvalue weighted by molar-refractivity contribution is 6.74. The molecule has 3 rings (SSSR count). The molecule has 2 aromatic rings. The molecule has 1 aliphatic heterocycles. The lowest BCUT2D eigenvalue weighted by Gasteiger charge is -2.41. The molecule has 0 bridgehead atoms. The van der Waals surface area contributed by atoms with E-state index in [0.717, 1.165) is 17.5 Å².